The molecular formula is C13H22N4O3. The van der Waals surface area contributed by atoms with Crippen molar-refractivity contribution in [3.05, 3.63) is 11.4 Å². The molecule has 0 bridgehead atoms. The molecule has 2 unspecified atom stereocenters. The maximum absolute atomic E-state index is 12.3. The van der Waals surface area contributed by atoms with Gasteiger partial charge in [-0.05, 0) is 20.8 Å². The van der Waals surface area contributed by atoms with Crippen LogP contribution >= 0.6 is 0 Å². The zero-order chi connectivity index (χ0) is 14.9. The van der Waals surface area contributed by atoms with Crippen LogP contribution in [0.15, 0.2) is 0 Å². The Morgan fingerprint density at radius 3 is 2.95 bits per heavy atom. The van der Waals surface area contributed by atoms with Gasteiger partial charge in [0.15, 0.2) is 0 Å². The van der Waals surface area contributed by atoms with Gasteiger partial charge in [-0.1, -0.05) is 0 Å². The summed E-state index contributed by atoms with van der Waals surface area (Å²) in [5.41, 5.74) is 6.24. The highest BCUT2D eigenvalue weighted by Crippen LogP contribution is 2.25. The maximum atomic E-state index is 12.3. The molecule has 7 nitrogen and oxygen atoms in total. The second-order valence-electron chi connectivity index (χ2n) is 5.21. The fraction of sp³-hybridized carbons (Fsp3) is 0.692. The van der Waals surface area contributed by atoms with E-state index in [9.17, 15) is 9.90 Å². The smallest absolute Gasteiger partial charge is 0.271 e. The SMILES string of the molecule is CCn1nc(C)c(N)c1C(=O)NCC1(O)CCOC1C. The molecule has 7 heteroatoms. The third kappa shape index (κ3) is 2.51. The molecule has 0 aliphatic carbocycles. The van der Waals surface area contributed by atoms with E-state index in [0.717, 1.165) is 0 Å². The molecule has 1 aliphatic heterocycles. The first kappa shape index (κ1) is 14.8. The summed E-state index contributed by atoms with van der Waals surface area (Å²) < 4.78 is 6.90. The standard InChI is InChI=1S/C13H22N4O3/c1-4-17-11(10(14)8(2)16-17)12(18)15-7-13(19)5-6-20-9(13)3/h9,19H,4-7,14H2,1-3H3,(H,15,18). The number of hydrogen-bond acceptors (Lipinski definition) is 5. The maximum Gasteiger partial charge on any atom is 0.271 e. The van der Waals surface area contributed by atoms with E-state index in [1.165, 1.54) is 0 Å². The summed E-state index contributed by atoms with van der Waals surface area (Å²) in [6.45, 7) is 6.66. The predicted octanol–water partition coefficient (Wildman–Crippen LogP) is 0.0633. The highest BCUT2D eigenvalue weighted by atomic mass is 16.5. The molecule has 2 rings (SSSR count). The number of nitrogen functional groups attached to an aromatic ring is 1. The molecule has 20 heavy (non-hydrogen) atoms. The molecule has 2 atom stereocenters. The summed E-state index contributed by atoms with van der Waals surface area (Å²) in [4.78, 5) is 12.3. The van der Waals surface area contributed by atoms with Crippen LogP contribution in [-0.2, 0) is 11.3 Å². The van der Waals surface area contributed by atoms with Crippen LogP contribution in [0, 0.1) is 6.92 Å². The minimum atomic E-state index is -1.02. The Bertz CT molecular complexity index is 514. The van der Waals surface area contributed by atoms with Crippen LogP contribution in [0.1, 0.15) is 36.5 Å². The van der Waals surface area contributed by atoms with Crippen LogP contribution in [0.25, 0.3) is 0 Å². The average molecular weight is 282 g/mol. The van der Waals surface area contributed by atoms with Gasteiger partial charge >= 0.3 is 0 Å². The number of anilines is 1. The monoisotopic (exact) mass is 282 g/mol. The van der Waals surface area contributed by atoms with Crippen LogP contribution in [0.2, 0.25) is 0 Å². The van der Waals surface area contributed by atoms with E-state index < -0.39 is 5.60 Å². The van der Waals surface area contributed by atoms with Gasteiger partial charge < -0.3 is 20.9 Å². The van der Waals surface area contributed by atoms with Gasteiger partial charge in [0.1, 0.15) is 11.3 Å². The van der Waals surface area contributed by atoms with E-state index in [0.29, 0.717) is 36.6 Å². The number of carbonyl (C=O) groups is 1. The number of nitrogens with zero attached hydrogens (tertiary/aromatic N) is 2. The number of aromatic nitrogens is 2. The molecule has 1 aromatic rings. The van der Waals surface area contributed by atoms with Crippen molar-refractivity contribution in [1.82, 2.24) is 15.1 Å². The first-order chi connectivity index (χ1) is 9.39. The highest BCUT2D eigenvalue weighted by Gasteiger charge is 2.40. The van der Waals surface area contributed by atoms with Crippen LogP contribution < -0.4 is 11.1 Å². The largest absolute Gasteiger partial charge is 0.395 e. The number of nitrogens with one attached hydrogen (secondary N) is 1. The van der Waals surface area contributed by atoms with E-state index >= 15 is 0 Å². The number of aryl methyl sites for hydroxylation is 2. The minimum absolute atomic E-state index is 0.139. The normalized spacial score (nSPS) is 25.9. The van der Waals surface area contributed by atoms with Crippen LogP contribution in [0.3, 0.4) is 0 Å². The molecule has 1 aromatic heterocycles. The van der Waals surface area contributed by atoms with Gasteiger partial charge in [-0.25, -0.2) is 0 Å². The van der Waals surface area contributed by atoms with Crippen LogP contribution in [0.5, 0.6) is 0 Å². The zero-order valence-electron chi connectivity index (χ0n) is 12.1. The number of hydrogen-bond donors (Lipinski definition) is 3. The van der Waals surface area contributed by atoms with Crippen LogP contribution in [-0.4, -0.2) is 45.7 Å². The van der Waals surface area contributed by atoms with Gasteiger partial charge in [-0.2, -0.15) is 5.10 Å². The number of aliphatic hydroxyl groups is 1. The summed E-state index contributed by atoms with van der Waals surface area (Å²) in [5.74, 6) is -0.322. The van der Waals surface area contributed by atoms with E-state index in [1.807, 2.05) is 6.92 Å². The summed E-state index contributed by atoms with van der Waals surface area (Å²) >= 11 is 0. The third-order valence-electron chi connectivity index (χ3n) is 3.90. The fourth-order valence-corrected chi connectivity index (χ4v) is 2.38. The molecular weight excluding hydrogens is 260 g/mol. The van der Waals surface area contributed by atoms with Crippen molar-refractivity contribution in [3.63, 3.8) is 0 Å². The molecule has 1 aliphatic rings. The van der Waals surface area contributed by atoms with Gasteiger partial charge in [0.05, 0.1) is 17.5 Å². The topological polar surface area (TPSA) is 102 Å². The van der Waals surface area contributed by atoms with E-state index in [1.54, 1.807) is 18.5 Å². The number of carbonyl (C=O) groups excluding carboxylic acids is 1. The van der Waals surface area contributed by atoms with Gasteiger partial charge in [-0.15, -0.1) is 0 Å². The summed E-state index contributed by atoms with van der Waals surface area (Å²) in [6.07, 6.45) is 0.216. The molecule has 112 valence electrons. The van der Waals surface area contributed by atoms with Crippen molar-refractivity contribution in [1.29, 1.82) is 0 Å². The summed E-state index contributed by atoms with van der Waals surface area (Å²) in [5, 5.41) is 17.3. The molecule has 1 fully saturated rings. The summed E-state index contributed by atoms with van der Waals surface area (Å²) in [7, 11) is 0. The van der Waals surface area contributed by atoms with Crippen molar-refractivity contribution < 1.29 is 14.6 Å². The average Bonchev–Trinajstić information content (AvgIpc) is 2.89. The Morgan fingerprint density at radius 1 is 1.70 bits per heavy atom. The van der Waals surface area contributed by atoms with Crippen molar-refractivity contribution >= 4 is 11.6 Å². The van der Waals surface area contributed by atoms with E-state index in [2.05, 4.69) is 10.4 Å². The summed E-state index contributed by atoms with van der Waals surface area (Å²) in [6, 6.07) is 0. The Balaban J connectivity index is 2.09. The van der Waals surface area contributed by atoms with Gasteiger partial charge in [0, 0.05) is 26.1 Å². The Labute approximate surface area is 118 Å². The van der Waals surface area contributed by atoms with E-state index in [4.69, 9.17) is 10.5 Å². The number of rotatable bonds is 4. The van der Waals surface area contributed by atoms with Gasteiger partial charge in [-0.3, -0.25) is 9.48 Å². The number of ether oxygens (including phenoxy) is 1. The molecule has 4 N–H and O–H groups in total. The first-order valence-electron chi connectivity index (χ1n) is 6.84. The molecule has 1 amide bonds. The fourth-order valence-electron chi connectivity index (χ4n) is 2.38. The number of amides is 1. The predicted molar refractivity (Wildman–Crippen MR) is 74.4 cm³/mol. The molecule has 0 radical (unpaired) electrons. The zero-order valence-corrected chi connectivity index (χ0v) is 12.1. The van der Waals surface area contributed by atoms with Crippen molar-refractivity contribution in [3.8, 4) is 0 Å². The van der Waals surface area contributed by atoms with Crippen LogP contribution in [0.4, 0.5) is 5.69 Å². The molecule has 0 aromatic carbocycles. The van der Waals surface area contributed by atoms with Crippen molar-refractivity contribution in [2.45, 2.75) is 45.4 Å². The Morgan fingerprint density at radius 2 is 2.40 bits per heavy atom. The Hall–Kier alpha value is -1.60. The van der Waals surface area contributed by atoms with Gasteiger partial charge in [0.25, 0.3) is 5.91 Å². The van der Waals surface area contributed by atoms with E-state index in [-0.39, 0.29) is 18.6 Å². The first-order valence-corrected chi connectivity index (χ1v) is 6.84. The second kappa shape index (κ2) is 5.41. The lowest BCUT2D eigenvalue weighted by Crippen LogP contribution is -2.47. The quantitative estimate of drug-likeness (QED) is 0.725. The minimum Gasteiger partial charge on any atom is -0.395 e. The number of nitrogens with two attached hydrogens (primary N) is 1. The molecule has 0 saturated carbocycles. The Kier molecular flexibility index (Phi) is 4.01. The van der Waals surface area contributed by atoms with Crippen molar-refractivity contribution in [2.75, 3.05) is 18.9 Å². The lowest BCUT2D eigenvalue weighted by molar-refractivity contribution is -0.0252. The van der Waals surface area contributed by atoms with Gasteiger partial charge in [0.2, 0.25) is 0 Å². The molecule has 0 spiro atoms. The highest BCUT2D eigenvalue weighted by molar-refractivity contribution is 5.98. The lowest BCUT2D eigenvalue weighted by atomic mass is 9.97. The molecule has 1 saturated heterocycles. The van der Waals surface area contributed by atoms with Crippen molar-refractivity contribution in [2.24, 2.45) is 0 Å². The molecule has 2 heterocycles. The third-order valence-corrected chi connectivity index (χ3v) is 3.90. The lowest BCUT2D eigenvalue weighted by Gasteiger charge is -2.26. The second-order valence-corrected chi connectivity index (χ2v) is 5.21.